The highest BCUT2D eigenvalue weighted by Crippen LogP contribution is 2.24. The fraction of sp³-hybridized carbons (Fsp3) is 0.333. The van der Waals surface area contributed by atoms with Gasteiger partial charge in [-0.25, -0.2) is 9.37 Å². The van der Waals surface area contributed by atoms with Crippen LogP contribution in [0.4, 0.5) is 10.1 Å². The van der Waals surface area contributed by atoms with E-state index >= 15 is 0 Å². The molecule has 1 aliphatic rings. The number of aromatic nitrogens is 2. The van der Waals surface area contributed by atoms with E-state index in [0.29, 0.717) is 25.1 Å². The van der Waals surface area contributed by atoms with Gasteiger partial charge in [-0.3, -0.25) is 4.79 Å². The number of nitrogens with one attached hydrogen (secondary N) is 2. The Morgan fingerprint density at radius 1 is 1.39 bits per heavy atom. The molecule has 0 fully saturated rings. The fourth-order valence-corrected chi connectivity index (χ4v) is 2.49. The SMILES string of the molecule is Cl.Cl.O=C(CCn1ccnc1)Nc1ccc2c(c1F)CCNC2. The molecule has 2 heterocycles. The molecule has 0 unspecified atom stereocenters. The van der Waals surface area contributed by atoms with Crippen molar-refractivity contribution in [3.8, 4) is 0 Å². The number of hydrogen-bond acceptors (Lipinski definition) is 3. The highest BCUT2D eigenvalue weighted by Gasteiger charge is 2.17. The van der Waals surface area contributed by atoms with Crippen LogP contribution in [0.2, 0.25) is 0 Å². The van der Waals surface area contributed by atoms with E-state index in [9.17, 15) is 9.18 Å². The standard InChI is InChI=1S/C15H17FN4O.2ClH/c16-15-12-3-5-17-9-11(12)1-2-13(15)19-14(21)4-7-20-8-6-18-10-20;;/h1-2,6,8,10,17H,3-5,7,9H2,(H,19,21);2*1H. The smallest absolute Gasteiger partial charge is 0.226 e. The lowest BCUT2D eigenvalue weighted by molar-refractivity contribution is -0.116. The van der Waals surface area contributed by atoms with Gasteiger partial charge >= 0.3 is 0 Å². The molecule has 23 heavy (non-hydrogen) atoms. The Hall–Kier alpha value is -1.63. The predicted octanol–water partition coefficient (Wildman–Crippen LogP) is 2.54. The maximum absolute atomic E-state index is 14.4. The Labute approximate surface area is 146 Å². The summed E-state index contributed by atoms with van der Waals surface area (Å²) in [4.78, 5) is 15.8. The number of benzene rings is 1. The first-order valence-corrected chi connectivity index (χ1v) is 7.00. The lowest BCUT2D eigenvalue weighted by atomic mass is 9.99. The number of aryl methyl sites for hydroxylation is 1. The summed E-state index contributed by atoms with van der Waals surface area (Å²) in [6.45, 7) is 1.98. The van der Waals surface area contributed by atoms with Crippen molar-refractivity contribution < 1.29 is 9.18 Å². The van der Waals surface area contributed by atoms with Gasteiger partial charge < -0.3 is 15.2 Å². The van der Waals surface area contributed by atoms with Crippen LogP contribution in [-0.2, 0) is 24.3 Å². The minimum Gasteiger partial charge on any atom is -0.337 e. The molecular weight excluding hydrogens is 342 g/mol. The zero-order valence-corrected chi connectivity index (χ0v) is 14.1. The highest BCUT2D eigenvalue weighted by atomic mass is 35.5. The average molecular weight is 361 g/mol. The number of carbonyl (C=O) groups is 1. The molecule has 1 aromatic heterocycles. The summed E-state index contributed by atoms with van der Waals surface area (Å²) in [6.07, 6.45) is 6.04. The van der Waals surface area contributed by atoms with Crippen LogP contribution < -0.4 is 10.6 Å². The minimum absolute atomic E-state index is 0. The van der Waals surface area contributed by atoms with Crippen molar-refractivity contribution in [2.24, 2.45) is 0 Å². The van der Waals surface area contributed by atoms with Crippen molar-refractivity contribution in [1.29, 1.82) is 0 Å². The number of nitrogens with zero attached hydrogens (tertiary/aromatic N) is 2. The van der Waals surface area contributed by atoms with E-state index in [-0.39, 0.29) is 48.6 Å². The van der Waals surface area contributed by atoms with Gasteiger partial charge in [0.1, 0.15) is 5.82 Å². The number of anilines is 1. The first-order valence-electron chi connectivity index (χ1n) is 7.00. The Morgan fingerprint density at radius 2 is 2.22 bits per heavy atom. The molecule has 1 amide bonds. The van der Waals surface area contributed by atoms with Crippen molar-refractivity contribution >= 4 is 36.4 Å². The largest absolute Gasteiger partial charge is 0.337 e. The van der Waals surface area contributed by atoms with Crippen LogP contribution in [0.15, 0.2) is 30.9 Å². The van der Waals surface area contributed by atoms with E-state index in [4.69, 9.17) is 0 Å². The van der Waals surface area contributed by atoms with Gasteiger partial charge in [0, 0.05) is 31.9 Å². The van der Waals surface area contributed by atoms with Crippen LogP contribution in [0.3, 0.4) is 0 Å². The van der Waals surface area contributed by atoms with Gasteiger partial charge in [-0.15, -0.1) is 24.8 Å². The van der Waals surface area contributed by atoms with Crippen LogP contribution >= 0.6 is 24.8 Å². The molecule has 0 saturated carbocycles. The van der Waals surface area contributed by atoms with E-state index in [1.807, 2.05) is 10.6 Å². The zero-order valence-electron chi connectivity index (χ0n) is 12.4. The number of imidazole rings is 1. The van der Waals surface area contributed by atoms with Gasteiger partial charge in [0.05, 0.1) is 12.0 Å². The highest BCUT2D eigenvalue weighted by molar-refractivity contribution is 5.91. The second-order valence-electron chi connectivity index (χ2n) is 5.09. The monoisotopic (exact) mass is 360 g/mol. The lowest BCUT2D eigenvalue weighted by Gasteiger charge is -2.19. The predicted molar refractivity (Wildman–Crippen MR) is 91.8 cm³/mol. The van der Waals surface area contributed by atoms with Crippen molar-refractivity contribution in [3.05, 3.63) is 47.8 Å². The summed E-state index contributed by atoms with van der Waals surface area (Å²) >= 11 is 0. The lowest BCUT2D eigenvalue weighted by Crippen LogP contribution is -2.25. The molecule has 0 saturated heterocycles. The van der Waals surface area contributed by atoms with Gasteiger partial charge in [-0.05, 0) is 30.2 Å². The van der Waals surface area contributed by atoms with Gasteiger partial charge in [0.2, 0.25) is 5.91 Å². The molecule has 0 atom stereocenters. The van der Waals surface area contributed by atoms with Crippen LogP contribution in [0, 0.1) is 5.82 Å². The molecule has 1 aliphatic heterocycles. The normalized spacial score (nSPS) is 12.6. The maximum atomic E-state index is 14.4. The van der Waals surface area contributed by atoms with E-state index in [1.165, 1.54) is 0 Å². The molecule has 5 nitrogen and oxygen atoms in total. The van der Waals surface area contributed by atoms with Gasteiger partial charge in [0.15, 0.2) is 0 Å². The maximum Gasteiger partial charge on any atom is 0.226 e. The molecule has 0 spiro atoms. The van der Waals surface area contributed by atoms with E-state index in [0.717, 1.165) is 12.1 Å². The Bertz CT molecular complexity index is 649. The summed E-state index contributed by atoms with van der Waals surface area (Å²) in [6, 6.07) is 3.51. The molecule has 8 heteroatoms. The quantitative estimate of drug-likeness (QED) is 0.880. The Kier molecular flexibility index (Phi) is 7.48. The van der Waals surface area contributed by atoms with Gasteiger partial charge in [0.25, 0.3) is 0 Å². The first kappa shape index (κ1) is 19.4. The van der Waals surface area contributed by atoms with Crippen LogP contribution in [0.5, 0.6) is 0 Å². The second kappa shape index (κ2) is 8.86. The van der Waals surface area contributed by atoms with Gasteiger partial charge in [-0.2, -0.15) is 0 Å². The molecular formula is C15H19Cl2FN4O. The molecule has 3 rings (SSSR count). The van der Waals surface area contributed by atoms with Crippen molar-refractivity contribution in [1.82, 2.24) is 14.9 Å². The van der Waals surface area contributed by atoms with Crippen LogP contribution in [0.1, 0.15) is 17.5 Å². The third-order valence-electron chi connectivity index (χ3n) is 3.64. The first-order chi connectivity index (χ1) is 10.2. The third-order valence-corrected chi connectivity index (χ3v) is 3.64. The molecule has 126 valence electrons. The Balaban J connectivity index is 0.00000132. The number of fused-ring (bicyclic) bond motifs is 1. The second-order valence-corrected chi connectivity index (χ2v) is 5.09. The van der Waals surface area contributed by atoms with E-state index in [1.54, 1.807) is 24.8 Å². The third kappa shape index (κ3) is 4.67. The van der Waals surface area contributed by atoms with Crippen LogP contribution in [-0.4, -0.2) is 22.0 Å². The molecule has 1 aromatic carbocycles. The molecule has 0 radical (unpaired) electrons. The summed E-state index contributed by atoms with van der Waals surface area (Å²) < 4.78 is 16.2. The molecule has 2 N–H and O–H groups in total. The average Bonchev–Trinajstić information content (AvgIpc) is 3.02. The molecule has 0 bridgehead atoms. The molecule has 2 aromatic rings. The van der Waals surface area contributed by atoms with Crippen LogP contribution in [0.25, 0.3) is 0 Å². The number of hydrogen-bond donors (Lipinski definition) is 2. The number of amides is 1. The van der Waals surface area contributed by atoms with Crippen molar-refractivity contribution in [2.45, 2.75) is 25.9 Å². The zero-order chi connectivity index (χ0) is 14.7. The summed E-state index contributed by atoms with van der Waals surface area (Å²) in [5, 5.41) is 5.86. The number of carbonyl (C=O) groups excluding carboxylic acids is 1. The Morgan fingerprint density at radius 3 is 2.96 bits per heavy atom. The van der Waals surface area contributed by atoms with E-state index in [2.05, 4.69) is 15.6 Å². The van der Waals surface area contributed by atoms with Gasteiger partial charge in [-0.1, -0.05) is 6.07 Å². The van der Waals surface area contributed by atoms with E-state index < -0.39 is 0 Å². The summed E-state index contributed by atoms with van der Waals surface area (Å²) in [5.41, 5.74) is 1.95. The van der Waals surface area contributed by atoms with Crippen molar-refractivity contribution in [2.75, 3.05) is 11.9 Å². The number of rotatable bonds is 4. The molecule has 0 aliphatic carbocycles. The fourth-order valence-electron chi connectivity index (χ4n) is 2.49. The van der Waals surface area contributed by atoms with Crippen molar-refractivity contribution in [3.63, 3.8) is 0 Å². The topological polar surface area (TPSA) is 59.0 Å². The summed E-state index contributed by atoms with van der Waals surface area (Å²) in [5.74, 6) is -0.499. The minimum atomic E-state index is -0.301. The summed E-state index contributed by atoms with van der Waals surface area (Å²) in [7, 11) is 0. The number of halogens is 3.